The molecule has 0 aromatic rings. The summed E-state index contributed by atoms with van der Waals surface area (Å²) in [6.07, 6.45) is 3.23. The van der Waals surface area contributed by atoms with Crippen LogP contribution in [0.5, 0.6) is 0 Å². The van der Waals surface area contributed by atoms with Crippen molar-refractivity contribution >= 4 is 19.6 Å². The van der Waals surface area contributed by atoms with E-state index in [1.807, 2.05) is 0 Å². The van der Waals surface area contributed by atoms with Gasteiger partial charge in [-0.25, -0.2) is 0 Å². The van der Waals surface area contributed by atoms with Crippen molar-refractivity contribution < 1.29 is 14.0 Å². The van der Waals surface area contributed by atoms with Crippen molar-refractivity contribution in [3.05, 3.63) is 0 Å². The van der Waals surface area contributed by atoms with Crippen molar-refractivity contribution in [1.82, 2.24) is 0 Å². The Hall–Kier alpha value is 0.639. The molecule has 1 saturated heterocycles. The van der Waals surface area contributed by atoms with Crippen LogP contribution in [0.15, 0.2) is 0 Å². The van der Waals surface area contributed by atoms with Gasteiger partial charge in [0.25, 0.3) is 0 Å². The first kappa shape index (κ1) is 20.7. The zero-order valence-corrected chi connectivity index (χ0v) is 18.9. The Labute approximate surface area is 142 Å². The molecule has 22 heavy (non-hydrogen) atoms. The molecule has 4 nitrogen and oxygen atoms in total. The number of rotatable bonds is 4. The van der Waals surface area contributed by atoms with Crippen LogP contribution in [0.3, 0.4) is 0 Å². The summed E-state index contributed by atoms with van der Waals surface area (Å²) in [5.74, 6) is 0. The molecule has 0 spiro atoms. The van der Waals surface area contributed by atoms with Crippen LogP contribution in [-0.4, -0.2) is 47.1 Å². The average Bonchev–Trinajstić information content (AvgIpc) is 2.22. The second-order valence-corrected chi connectivity index (χ2v) is 16.1. The molecule has 1 rings (SSSR count). The summed E-state index contributed by atoms with van der Waals surface area (Å²) >= 11 is -3.96. The quantitative estimate of drug-likeness (QED) is 0.626. The van der Waals surface area contributed by atoms with Gasteiger partial charge in [-0.2, -0.15) is 0 Å². The van der Waals surface area contributed by atoms with Gasteiger partial charge >= 0.3 is 143 Å². The van der Waals surface area contributed by atoms with Gasteiger partial charge in [-0.05, 0) is 0 Å². The van der Waals surface area contributed by atoms with Crippen molar-refractivity contribution in [2.75, 3.05) is 6.61 Å². The van der Waals surface area contributed by atoms with Gasteiger partial charge in [0.2, 0.25) is 0 Å². The fourth-order valence-electron chi connectivity index (χ4n) is 2.56. The summed E-state index contributed by atoms with van der Waals surface area (Å²) in [5.41, 5.74) is -0.936. The van der Waals surface area contributed by atoms with Crippen LogP contribution in [0.25, 0.3) is 0 Å². The first-order valence-electron chi connectivity index (χ1n) is 8.45. The molecule has 0 saturated carbocycles. The number of ether oxygens (including phenoxy) is 1. The van der Waals surface area contributed by atoms with Crippen LogP contribution in [0.4, 0.5) is 0 Å². The second kappa shape index (κ2) is 7.26. The number of hydrogen-bond donors (Lipinski definition) is 0. The molecule has 1 atom stereocenters. The molecular weight excluding hydrogens is 387 g/mol. The van der Waals surface area contributed by atoms with E-state index in [0.717, 1.165) is 25.9 Å². The zero-order chi connectivity index (χ0) is 17.2. The third kappa shape index (κ3) is 7.47. The van der Waals surface area contributed by atoms with Crippen molar-refractivity contribution in [1.29, 1.82) is 0 Å². The van der Waals surface area contributed by atoms with Gasteiger partial charge in [0.05, 0.1) is 0 Å². The Bertz CT molecular complexity index is 302. The Kier molecular flexibility index (Phi) is 6.82. The molecule has 0 N–H and O–H groups in total. The van der Waals surface area contributed by atoms with Gasteiger partial charge in [-0.3, -0.25) is 0 Å². The minimum absolute atomic E-state index is 0.0132. The molecule has 132 valence electrons. The van der Waals surface area contributed by atoms with Gasteiger partial charge < -0.3 is 0 Å². The average molecular weight is 423 g/mol. The Balaban J connectivity index is 3.20. The molecule has 5 heteroatoms. The van der Waals surface area contributed by atoms with E-state index in [1.165, 1.54) is 0 Å². The normalized spacial score (nSPS) is 22.0. The summed E-state index contributed by atoms with van der Waals surface area (Å²) < 4.78 is 25.8. The van der Waals surface area contributed by atoms with E-state index in [4.69, 9.17) is 14.0 Å². The van der Waals surface area contributed by atoms with Gasteiger partial charge in [0.15, 0.2) is 0 Å². The van der Waals surface area contributed by atoms with Crippen molar-refractivity contribution in [2.45, 2.75) is 102 Å². The van der Waals surface area contributed by atoms with E-state index in [1.54, 1.807) is 0 Å². The molecular formula is C17H36O4Sn. The van der Waals surface area contributed by atoms with Crippen LogP contribution < -0.4 is 0 Å². The molecule has 0 amide bonds. The maximum atomic E-state index is 6.56. The van der Waals surface area contributed by atoms with E-state index < -0.39 is 19.6 Å². The predicted octanol–water partition coefficient (Wildman–Crippen LogP) is 4.48. The van der Waals surface area contributed by atoms with E-state index in [2.05, 4.69) is 62.3 Å². The van der Waals surface area contributed by atoms with Crippen LogP contribution in [-0.2, 0) is 14.0 Å². The van der Waals surface area contributed by atoms with Crippen LogP contribution >= 0.6 is 0 Å². The van der Waals surface area contributed by atoms with Crippen LogP contribution in [0.1, 0.15) is 81.6 Å². The predicted molar refractivity (Wildman–Crippen MR) is 91.9 cm³/mol. The summed E-state index contributed by atoms with van der Waals surface area (Å²) in [6.45, 7) is 19.4. The Morgan fingerprint density at radius 2 is 1.14 bits per heavy atom. The topological polar surface area (TPSA) is 36.9 Å². The molecule has 0 radical (unpaired) electrons. The molecule has 0 aliphatic carbocycles. The fraction of sp³-hybridized carbons (Fsp3) is 1.00. The molecule has 1 fully saturated rings. The van der Waals surface area contributed by atoms with Crippen molar-refractivity contribution in [2.24, 2.45) is 0 Å². The third-order valence-electron chi connectivity index (χ3n) is 2.92. The minimum atomic E-state index is -3.96. The SMILES string of the molecule is CC(C)(C)[O][Sn]([O]C(C)(C)C)([O]C(C)(C)C)[CH]1CCCCO1. The van der Waals surface area contributed by atoms with Gasteiger partial charge in [-0.15, -0.1) is 0 Å². The van der Waals surface area contributed by atoms with Crippen molar-refractivity contribution in [3.63, 3.8) is 0 Å². The van der Waals surface area contributed by atoms with Gasteiger partial charge in [0, 0.05) is 0 Å². The Morgan fingerprint density at radius 1 is 0.727 bits per heavy atom. The third-order valence-corrected chi connectivity index (χ3v) is 14.1. The molecule has 0 aromatic carbocycles. The van der Waals surface area contributed by atoms with Crippen LogP contribution in [0.2, 0.25) is 0 Å². The zero-order valence-electron chi connectivity index (χ0n) is 16.0. The van der Waals surface area contributed by atoms with E-state index in [9.17, 15) is 0 Å². The van der Waals surface area contributed by atoms with Crippen molar-refractivity contribution in [3.8, 4) is 0 Å². The van der Waals surface area contributed by atoms with Gasteiger partial charge in [-0.1, -0.05) is 0 Å². The molecule has 0 aromatic heterocycles. The molecule has 1 unspecified atom stereocenters. The molecule has 1 aliphatic heterocycles. The standard InChI is InChI=1S/C5H9O.3C4H9O.Sn/c1-2-4-6-5-3-1;3*1-4(2,3)5;/h4H,1-3,5H2;3*1-3H3;/q;3*-1;+3. The van der Waals surface area contributed by atoms with Gasteiger partial charge in [0.1, 0.15) is 0 Å². The maximum absolute atomic E-state index is 6.56. The first-order valence-corrected chi connectivity index (χ1v) is 13.6. The first-order chi connectivity index (χ1) is 9.73. The van der Waals surface area contributed by atoms with E-state index in [0.29, 0.717) is 0 Å². The van der Waals surface area contributed by atoms with E-state index >= 15 is 0 Å². The second-order valence-electron chi connectivity index (χ2n) is 9.10. The fourth-order valence-corrected chi connectivity index (χ4v) is 13.9. The molecule has 1 heterocycles. The van der Waals surface area contributed by atoms with E-state index in [-0.39, 0.29) is 20.9 Å². The number of hydrogen-bond acceptors (Lipinski definition) is 4. The van der Waals surface area contributed by atoms with Crippen LogP contribution in [0, 0.1) is 0 Å². The summed E-state index contributed by atoms with van der Waals surface area (Å²) in [7, 11) is 0. The molecule has 0 bridgehead atoms. The summed E-state index contributed by atoms with van der Waals surface area (Å²) in [6, 6.07) is 0. The monoisotopic (exact) mass is 424 g/mol. The summed E-state index contributed by atoms with van der Waals surface area (Å²) in [4.78, 5) is 0. The summed E-state index contributed by atoms with van der Waals surface area (Å²) in [5, 5.41) is 0. The molecule has 1 aliphatic rings. The Morgan fingerprint density at radius 3 is 1.41 bits per heavy atom.